The second-order valence-corrected chi connectivity index (χ2v) is 15.8. The Morgan fingerprint density at radius 1 is 0.800 bits per heavy atom. The Kier molecular flexibility index (Phi) is 9.17. The number of hydrogen-bond acceptors (Lipinski definition) is 4. The summed E-state index contributed by atoms with van der Waals surface area (Å²) in [5.41, 5.74) is -0.0310. The SMILES string of the molecule is CCCCCCCCCCCCCCCC(=O)O[C@H]1C[C@]2(C)[C@H](CC[C@@]34C[C@@H](CC[C@@H]23)[C@]2(C)O[C@H]42)C(C)(C)C1=O. The molecule has 4 aliphatic carbocycles. The maximum absolute atomic E-state index is 13.7. The third-order valence-corrected chi connectivity index (χ3v) is 13.0. The normalized spacial score (nSPS) is 40.7. The van der Waals surface area contributed by atoms with Gasteiger partial charge in [-0.15, -0.1) is 0 Å². The minimum absolute atomic E-state index is 0.0261. The Morgan fingerprint density at radius 2 is 1.40 bits per heavy atom. The molecule has 1 saturated heterocycles. The van der Waals surface area contributed by atoms with Crippen LogP contribution in [0.5, 0.6) is 0 Å². The molecule has 0 unspecified atom stereocenters. The lowest BCUT2D eigenvalue weighted by Crippen LogP contribution is -2.63. The van der Waals surface area contributed by atoms with E-state index in [9.17, 15) is 9.59 Å². The Hall–Kier alpha value is -0.900. The van der Waals surface area contributed by atoms with E-state index in [0.717, 1.165) is 19.3 Å². The number of esters is 1. The van der Waals surface area contributed by atoms with Crippen molar-refractivity contribution in [2.45, 2.75) is 181 Å². The zero-order valence-electron chi connectivity index (χ0n) is 26.7. The van der Waals surface area contributed by atoms with Crippen molar-refractivity contribution < 1.29 is 19.1 Å². The Morgan fingerprint density at radius 3 is 2.02 bits per heavy atom. The molecule has 0 amide bonds. The van der Waals surface area contributed by atoms with Crippen molar-refractivity contribution in [2.75, 3.05) is 0 Å². The monoisotopic (exact) mass is 556 g/mol. The average molecular weight is 557 g/mol. The van der Waals surface area contributed by atoms with E-state index in [1.165, 1.54) is 96.3 Å². The number of fused-ring (bicyclic) bond motifs is 5. The lowest BCUT2D eigenvalue weighted by Gasteiger charge is -2.64. The highest BCUT2D eigenvalue weighted by Crippen LogP contribution is 2.77. The molecular formula is C36H60O4. The number of ether oxygens (including phenoxy) is 2. The van der Waals surface area contributed by atoms with Crippen LogP contribution in [0.4, 0.5) is 0 Å². The molecule has 0 aromatic rings. The van der Waals surface area contributed by atoms with Gasteiger partial charge in [-0.3, -0.25) is 9.59 Å². The van der Waals surface area contributed by atoms with E-state index in [4.69, 9.17) is 9.47 Å². The minimum atomic E-state index is -0.577. The second-order valence-electron chi connectivity index (χ2n) is 15.8. The summed E-state index contributed by atoms with van der Waals surface area (Å²) in [6.07, 6.45) is 23.9. The van der Waals surface area contributed by atoms with Gasteiger partial charge in [0.25, 0.3) is 0 Å². The van der Waals surface area contributed by atoms with Gasteiger partial charge in [0.2, 0.25) is 0 Å². The van der Waals surface area contributed by atoms with Gasteiger partial charge >= 0.3 is 5.97 Å². The molecule has 4 nitrogen and oxygen atoms in total. The number of epoxide rings is 1. The lowest BCUT2D eigenvalue weighted by molar-refractivity contribution is -0.197. The zero-order chi connectivity index (χ0) is 28.6. The van der Waals surface area contributed by atoms with Crippen LogP contribution in [-0.4, -0.2) is 29.6 Å². The summed E-state index contributed by atoms with van der Waals surface area (Å²) in [5.74, 6) is 1.64. The zero-order valence-corrected chi connectivity index (χ0v) is 26.7. The van der Waals surface area contributed by atoms with Gasteiger partial charge in [0, 0.05) is 17.3 Å². The number of Topliss-reactive ketones (excluding diaryl/α,β-unsaturated/α-hetero) is 1. The van der Waals surface area contributed by atoms with Gasteiger partial charge in [-0.1, -0.05) is 105 Å². The molecule has 5 fully saturated rings. The highest BCUT2D eigenvalue weighted by Gasteiger charge is 2.79. The standard InChI is InChI=1S/C36H60O4/c1-6-7-8-9-10-11-12-13-14-15-16-17-18-19-30(37)39-27-25-34(4)28(33(2,3)31(27)38)22-23-36-24-26(20-21-29(34)36)35(5)32(36)40-35/h26-29,32H,6-25H2,1-5H3/t26-,27+,28-,29+,32+,34-,35+,36-/m1/s1. The number of unbranched alkanes of at least 4 members (excludes halogenated alkanes) is 12. The van der Waals surface area contributed by atoms with Crippen LogP contribution in [0.1, 0.15) is 163 Å². The Balaban J connectivity index is 1.06. The van der Waals surface area contributed by atoms with Crippen LogP contribution >= 0.6 is 0 Å². The fraction of sp³-hybridized carbons (Fsp3) is 0.944. The summed E-state index contributed by atoms with van der Waals surface area (Å²) in [7, 11) is 0. The van der Waals surface area contributed by atoms with E-state index in [-0.39, 0.29) is 28.2 Å². The van der Waals surface area contributed by atoms with Crippen molar-refractivity contribution in [2.24, 2.45) is 34.0 Å². The van der Waals surface area contributed by atoms with Crippen LogP contribution < -0.4 is 0 Å². The van der Waals surface area contributed by atoms with Gasteiger partial charge in [-0.05, 0) is 75.0 Å². The van der Waals surface area contributed by atoms with Gasteiger partial charge in [0.15, 0.2) is 11.9 Å². The van der Waals surface area contributed by atoms with Crippen molar-refractivity contribution in [1.29, 1.82) is 0 Å². The number of ketones is 1. The molecule has 0 radical (unpaired) electrons. The maximum Gasteiger partial charge on any atom is 0.306 e. The van der Waals surface area contributed by atoms with Crippen molar-refractivity contribution >= 4 is 11.8 Å². The predicted molar refractivity (Wildman–Crippen MR) is 161 cm³/mol. The fourth-order valence-electron chi connectivity index (χ4n) is 10.9. The number of hydrogen-bond donors (Lipinski definition) is 0. The Bertz CT molecular complexity index is 910. The van der Waals surface area contributed by atoms with Crippen LogP contribution in [0.25, 0.3) is 0 Å². The van der Waals surface area contributed by atoms with Crippen molar-refractivity contribution in [3.8, 4) is 0 Å². The van der Waals surface area contributed by atoms with Crippen LogP contribution in [-0.2, 0) is 19.1 Å². The van der Waals surface area contributed by atoms with Crippen LogP contribution in [0.3, 0.4) is 0 Å². The molecule has 4 heteroatoms. The molecular weight excluding hydrogens is 496 g/mol. The van der Waals surface area contributed by atoms with E-state index in [0.29, 0.717) is 36.7 Å². The molecule has 1 spiro atoms. The molecule has 8 atom stereocenters. The largest absolute Gasteiger partial charge is 0.454 e. The topological polar surface area (TPSA) is 55.9 Å². The molecule has 228 valence electrons. The first-order valence-electron chi connectivity index (χ1n) is 17.5. The maximum atomic E-state index is 13.7. The van der Waals surface area contributed by atoms with E-state index in [1.54, 1.807) is 0 Å². The number of carbonyl (C=O) groups excluding carboxylic acids is 2. The fourth-order valence-corrected chi connectivity index (χ4v) is 10.9. The van der Waals surface area contributed by atoms with Crippen molar-refractivity contribution in [3.05, 3.63) is 0 Å². The van der Waals surface area contributed by atoms with Crippen LogP contribution in [0, 0.1) is 34.0 Å². The van der Waals surface area contributed by atoms with Crippen LogP contribution in [0.15, 0.2) is 0 Å². The first-order valence-corrected chi connectivity index (χ1v) is 17.5. The summed E-state index contributed by atoms with van der Waals surface area (Å²) in [6, 6.07) is 0. The first-order chi connectivity index (χ1) is 19.1. The predicted octanol–water partition coefficient (Wildman–Crippen LogP) is 9.37. The molecule has 1 heterocycles. The van der Waals surface area contributed by atoms with Crippen LogP contribution in [0.2, 0.25) is 0 Å². The number of carbonyl (C=O) groups is 2. The van der Waals surface area contributed by atoms with Crippen molar-refractivity contribution in [3.63, 3.8) is 0 Å². The quantitative estimate of drug-likeness (QED) is 0.115. The molecule has 0 N–H and O–H groups in total. The smallest absolute Gasteiger partial charge is 0.306 e. The van der Waals surface area contributed by atoms with Gasteiger partial charge in [0.05, 0.1) is 11.7 Å². The minimum Gasteiger partial charge on any atom is -0.454 e. The summed E-state index contributed by atoms with van der Waals surface area (Å²) in [6.45, 7) is 11.4. The molecule has 0 aromatic carbocycles. The molecule has 0 aromatic heterocycles. The van der Waals surface area contributed by atoms with Gasteiger partial charge in [0.1, 0.15) is 0 Å². The number of rotatable bonds is 15. The van der Waals surface area contributed by atoms with Crippen molar-refractivity contribution in [1.82, 2.24) is 0 Å². The summed E-state index contributed by atoms with van der Waals surface area (Å²) in [4.78, 5) is 26.7. The Labute approximate surface area is 245 Å². The third kappa shape index (κ3) is 5.46. The first kappa shape index (κ1) is 30.6. The van der Waals surface area contributed by atoms with E-state index < -0.39 is 11.5 Å². The highest BCUT2D eigenvalue weighted by atomic mass is 16.6. The van der Waals surface area contributed by atoms with Gasteiger partial charge < -0.3 is 9.47 Å². The molecule has 5 aliphatic rings. The van der Waals surface area contributed by atoms with Gasteiger partial charge in [-0.25, -0.2) is 0 Å². The molecule has 5 rings (SSSR count). The summed E-state index contributed by atoms with van der Waals surface area (Å²) in [5, 5.41) is 0. The summed E-state index contributed by atoms with van der Waals surface area (Å²) < 4.78 is 12.5. The van der Waals surface area contributed by atoms with Gasteiger partial charge in [-0.2, -0.15) is 0 Å². The molecule has 40 heavy (non-hydrogen) atoms. The van der Waals surface area contributed by atoms with E-state index >= 15 is 0 Å². The molecule has 4 saturated carbocycles. The molecule has 2 bridgehead atoms. The average Bonchev–Trinajstić information content (AvgIpc) is 3.59. The summed E-state index contributed by atoms with van der Waals surface area (Å²) >= 11 is 0. The van der Waals surface area contributed by atoms with E-state index in [1.807, 2.05) is 0 Å². The third-order valence-electron chi connectivity index (χ3n) is 13.0. The van der Waals surface area contributed by atoms with E-state index in [2.05, 4.69) is 34.6 Å². The lowest BCUT2D eigenvalue weighted by atomic mass is 9.40. The second kappa shape index (κ2) is 12.0. The molecule has 1 aliphatic heterocycles. The highest BCUT2D eigenvalue weighted by molar-refractivity contribution is 5.91.